The fourth-order valence-electron chi connectivity index (χ4n) is 2.29. The van der Waals surface area contributed by atoms with Crippen LogP contribution in [0.3, 0.4) is 0 Å². The standard InChI is InChI=1S/C18H14N4O5S/c1-11(23)19-14-7-5-12(6-8-14)17-20-21-18(27-17)28-10-16(24)13-3-2-4-15(9-13)22(25)26/h2-9H,10H2,1H3,(H,19,23). The molecule has 0 aliphatic heterocycles. The van der Waals surface area contributed by atoms with E-state index in [4.69, 9.17) is 4.42 Å². The second kappa shape index (κ2) is 8.44. The van der Waals surface area contributed by atoms with Crippen LogP contribution in [0.1, 0.15) is 17.3 Å². The molecule has 0 saturated carbocycles. The smallest absolute Gasteiger partial charge is 0.277 e. The summed E-state index contributed by atoms with van der Waals surface area (Å²) in [5.41, 5.74) is 1.42. The van der Waals surface area contributed by atoms with Crippen molar-refractivity contribution in [2.75, 3.05) is 11.1 Å². The molecule has 0 saturated heterocycles. The Morgan fingerprint density at radius 2 is 1.93 bits per heavy atom. The lowest BCUT2D eigenvalue weighted by atomic mass is 10.1. The number of nitro groups is 1. The molecule has 3 aromatic rings. The number of nitrogens with one attached hydrogen (secondary N) is 1. The highest BCUT2D eigenvalue weighted by Crippen LogP contribution is 2.25. The number of carbonyl (C=O) groups excluding carboxylic acids is 2. The van der Waals surface area contributed by atoms with E-state index in [1.807, 2.05) is 0 Å². The van der Waals surface area contributed by atoms with Crippen molar-refractivity contribution in [2.45, 2.75) is 12.1 Å². The normalized spacial score (nSPS) is 10.5. The number of nitro benzene ring substituents is 1. The number of ketones is 1. The Balaban J connectivity index is 1.63. The average Bonchev–Trinajstić information content (AvgIpc) is 3.15. The van der Waals surface area contributed by atoms with Crippen LogP contribution < -0.4 is 5.32 Å². The fraction of sp³-hybridized carbons (Fsp3) is 0.111. The number of anilines is 1. The Hall–Kier alpha value is -3.53. The van der Waals surface area contributed by atoms with Crippen LogP contribution in [0.5, 0.6) is 0 Å². The number of thioether (sulfide) groups is 1. The first-order chi connectivity index (χ1) is 13.4. The molecule has 0 bridgehead atoms. The highest BCUT2D eigenvalue weighted by Gasteiger charge is 2.15. The van der Waals surface area contributed by atoms with Gasteiger partial charge in [0, 0.05) is 35.9 Å². The lowest BCUT2D eigenvalue weighted by Gasteiger charge is -2.01. The lowest BCUT2D eigenvalue weighted by Crippen LogP contribution is -2.05. The van der Waals surface area contributed by atoms with Crippen LogP contribution in [0, 0.1) is 10.1 Å². The van der Waals surface area contributed by atoms with Crippen LogP contribution in [0.2, 0.25) is 0 Å². The van der Waals surface area contributed by atoms with E-state index in [9.17, 15) is 19.7 Å². The zero-order valence-corrected chi connectivity index (χ0v) is 15.4. The molecule has 0 atom stereocenters. The van der Waals surface area contributed by atoms with Gasteiger partial charge in [0.25, 0.3) is 10.9 Å². The first kappa shape index (κ1) is 19.2. The monoisotopic (exact) mass is 398 g/mol. The van der Waals surface area contributed by atoms with Crippen LogP contribution in [-0.4, -0.2) is 32.6 Å². The fourth-order valence-corrected chi connectivity index (χ4v) is 2.95. The maximum atomic E-state index is 12.2. The summed E-state index contributed by atoms with van der Waals surface area (Å²) in [6.45, 7) is 1.42. The summed E-state index contributed by atoms with van der Waals surface area (Å²) in [4.78, 5) is 33.5. The largest absolute Gasteiger partial charge is 0.411 e. The van der Waals surface area contributed by atoms with Gasteiger partial charge in [-0.1, -0.05) is 23.9 Å². The van der Waals surface area contributed by atoms with Crippen LogP contribution in [-0.2, 0) is 4.79 Å². The summed E-state index contributed by atoms with van der Waals surface area (Å²) >= 11 is 1.05. The maximum Gasteiger partial charge on any atom is 0.277 e. The third-order valence-electron chi connectivity index (χ3n) is 3.56. The minimum Gasteiger partial charge on any atom is -0.411 e. The predicted octanol–water partition coefficient (Wildman–Crippen LogP) is 3.58. The van der Waals surface area contributed by atoms with Crippen LogP contribution in [0.15, 0.2) is 58.2 Å². The molecule has 0 radical (unpaired) electrons. The number of hydrogen-bond donors (Lipinski definition) is 1. The molecule has 1 aromatic heterocycles. The van der Waals surface area contributed by atoms with Crippen molar-refractivity contribution in [2.24, 2.45) is 0 Å². The first-order valence-corrected chi connectivity index (χ1v) is 9.03. The first-order valence-electron chi connectivity index (χ1n) is 8.04. The van der Waals surface area contributed by atoms with Crippen LogP contribution in [0.4, 0.5) is 11.4 Å². The van der Waals surface area contributed by atoms with Crippen molar-refractivity contribution in [3.05, 3.63) is 64.2 Å². The SMILES string of the molecule is CC(=O)Nc1ccc(-c2nnc(SCC(=O)c3cccc([N+](=O)[O-])c3)o2)cc1. The molecule has 2 aromatic carbocycles. The van der Waals surface area contributed by atoms with Crippen molar-refractivity contribution < 1.29 is 18.9 Å². The van der Waals surface area contributed by atoms with Gasteiger partial charge in [-0.2, -0.15) is 0 Å². The van der Waals surface area contributed by atoms with Crippen molar-refractivity contribution in [1.29, 1.82) is 0 Å². The Kier molecular flexibility index (Phi) is 5.80. The second-order valence-corrected chi connectivity index (χ2v) is 6.58. The van der Waals surface area contributed by atoms with E-state index in [1.54, 1.807) is 24.3 Å². The van der Waals surface area contributed by atoms with Crippen molar-refractivity contribution >= 4 is 34.8 Å². The van der Waals surface area contributed by atoms with Gasteiger partial charge >= 0.3 is 0 Å². The Morgan fingerprint density at radius 1 is 1.18 bits per heavy atom. The second-order valence-electron chi connectivity index (χ2n) is 5.65. The number of nitrogens with zero attached hydrogens (tertiary/aromatic N) is 3. The summed E-state index contributed by atoms with van der Waals surface area (Å²) in [7, 11) is 0. The highest BCUT2D eigenvalue weighted by molar-refractivity contribution is 7.99. The van der Waals surface area contributed by atoms with Crippen LogP contribution >= 0.6 is 11.8 Å². The quantitative estimate of drug-likeness (QED) is 0.277. The third kappa shape index (κ3) is 4.80. The summed E-state index contributed by atoms with van der Waals surface area (Å²) in [6, 6.07) is 12.4. The molecule has 142 valence electrons. The van der Waals surface area contributed by atoms with Gasteiger partial charge in [0.2, 0.25) is 11.8 Å². The van der Waals surface area contributed by atoms with E-state index in [2.05, 4.69) is 15.5 Å². The number of hydrogen-bond acceptors (Lipinski definition) is 8. The molecule has 1 amide bonds. The van der Waals surface area contributed by atoms with E-state index < -0.39 is 4.92 Å². The van der Waals surface area contributed by atoms with Crippen molar-refractivity contribution in [3.8, 4) is 11.5 Å². The molecule has 0 fully saturated rings. The molecule has 9 nitrogen and oxygen atoms in total. The van der Waals surface area contributed by atoms with Crippen LogP contribution in [0.25, 0.3) is 11.5 Å². The van der Waals surface area contributed by atoms with Crippen molar-refractivity contribution in [3.63, 3.8) is 0 Å². The summed E-state index contributed by atoms with van der Waals surface area (Å²) in [5, 5.41) is 21.5. The maximum absolute atomic E-state index is 12.2. The zero-order valence-electron chi connectivity index (χ0n) is 14.6. The third-order valence-corrected chi connectivity index (χ3v) is 4.38. The van der Waals surface area contributed by atoms with Crippen molar-refractivity contribution in [1.82, 2.24) is 10.2 Å². The van der Waals surface area contributed by atoms with Gasteiger partial charge in [0.15, 0.2) is 5.78 Å². The summed E-state index contributed by atoms with van der Waals surface area (Å²) in [5.74, 6) is -0.171. The number of Topliss-reactive ketones (excluding diaryl/α,β-unsaturated/α-hetero) is 1. The average molecular weight is 398 g/mol. The van der Waals surface area contributed by atoms with Gasteiger partial charge in [-0.3, -0.25) is 19.7 Å². The van der Waals surface area contributed by atoms with E-state index in [0.29, 0.717) is 11.3 Å². The molecule has 0 spiro atoms. The molecule has 0 aliphatic carbocycles. The van der Waals surface area contributed by atoms with Gasteiger partial charge in [-0.25, -0.2) is 0 Å². The van der Waals surface area contributed by atoms with E-state index in [0.717, 1.165) is 11.8 Å². The topological polar surface area (TPSA) is 128 Å². The number of aromatic nitrogens is 2. The molecular formula is C18H14N4O5S. The molecule has 0 aliphatic rings. The van der Waals surface area contributed by atoms with Gasteiger partial charge in [-0.05, 0) is 24.3 Å². The van der Waals surface area contributed by atoms with E-state index in [1.165, 1.54) is 31.2 Å². The van der Waals surface area contributed by atoms with Gasteiger partial charge in [0.1, 0.15) is 0 Å². The summed E-state index contributed by atoms with van der Waals surface area (Å²) < 4.78 is 5.53. The lowest BCUT2D eigenvalue weighted by molar-refractivity contribution is -0.384. The predicted molar refractivity (Wildman–Crippen MR) is 102 cm³/mol. The zero-order chi connectivity index (χ0) is 20.1. The Bertz CT molecular complexity index is 1030. The Labute approximate surface area is 163 Å². The number of amides is 1. The molecular weight excluding hydrogens is 384 g/mol. The highest BCUT2D eigenvalue weighted by atomic mass is 32.2. The van der Waals surface area contributed by atoms with E-state index >= 15 is 0 Å². The minimum atomic E-state index is -0.550. The van der Waals surface area contributed by atoms with E-state index in [-0.39, 0.29) is 39.8 Å². The van der Waals surface area contributed by atoms with Gasteiger partial charge in [-0.15, -0.1) is 10.2 Å². The minimum absolute atomic E-state index is 0.00424. The number of non-ortho nitro benzene ring substituents is 1. The number of carbonyl (C=O) groups is 2. The van der Waals surface area contributed by atoms with Gasteiger partial charge in [0.05, 0.1) is 10.7 Å². The number of benzene rings is 2. The molecule has 28 heavy (non-hydrogen) atoms. The molecule has 1 heterocycles. The van der Waals surface area contributed by atoms with Gasteiger partial charge < -0.3 is 9.73 Å². The molecule has 3 rings (SSSR count). The summed E-state index contributed by atoms with van der Waals surface area (Å²) in [6.07, 6.45) is 0. The molecule has 1 N–H and O–H groups in total. The number of rotatable bonds is 7. The molecule has 0 unspecified atom stereocenters. The Morgan fingerprint density at radius 3 is 2.61 bits per heavy atom. The molecule has 10 heteroatoms.